The van der Waals surface area contributed by atoms with Gasteiger partial charge in [0.2, 0.25) is 0 Å². The van der Waals surface area contributed by atoms with Gasteiger partial charge in [-0.05, 0) is 94.9 Å². The van der Waals surface area contributed by atoms with Gasteiger partial charge in [0, 0.05) is 11.1 Å². The topological polar surface area (TPSA) is 18.8 Å². The Morgan fingerprint density at radius 2 is 1.52 bits per heavy atom. The van der Waals surface area contributed by atoms with E-state index in [1.165, 1.54) is 60.9 Å². The van der Waals surface area contributed by atoms with Crippen molar-refractivity contribution >= 4 is 34.4 Å². The Bertz CT molecular complexity index is 1060. The molecular formula is C28H34FN3S. The molecule has 3 aliphatic rings. The summed E-state index contributed by atoms with van der Waals surface area (Å²) in [6, 6.07) is 11.4. The summed E-state index contributed by atoms with van der Waals surface area (Å²) in [4.78, 5) is 11.2. The van der Waals surface area contributed by atoms with Crippen molar-refractivity contribution in [2.45, 2.75) is 71.8 Å². The first-order chi connectivity index (χ1) is 15.9. The van der Waals surface area contributed by atoms with Crippen LogP contribution in [0.2, 0.25) is 0 Å². The number of halogens is 1. The van der Waals surface area contributed by atoms with E-state index in [9.17, 15) is 4.39 Å². The molecule has 2 aromatic carbocycles. The number of hydrogen-bond donors (Lipinski definition) is 0. The zero-order valence-electron chi connectivity index (χ0n) is 20.0. The molecule has 33 heavy (non-hydrogen) atoms. The molecule has 2 heterocycles. The van der Waals surface area contributed by atoms with Gasteiger partial charge in [0.1, 0.15) is 11.7 Å². The number of anilines is 1. The lowest BCUT2D eigenvalue weighted by atomic mass is 9.70. The summed E-state index contributed by atoms with van der Waals surface area (Å²) in [7, 11) is 0. The first-order valence-corrected chi connectivity index (χ1v) is 12.8. The summed E-state index contributed by atoms with van der Waals surface area (Å²) >= 11 is 6.30. The van der Waals surface area contributed by atoms with Crippen molar-refractivity contribution in [3.05, 3.63) is 58.9 Å². The summed E-state index contributed by atoms with van der Waals surface area (Å²) < 4.78 is 13.8. The Morgan fingerprint density at radius 3 is 2.12 bits per heavy atom. The minimum absolute atomic E-state index is 0.0718. The largest absolute Gasteiger partial charge is 0.293 e. The van der Waals surface area contributed by atoms with Crippen LogP contribution in [0.5, 0.6) is 0 Å². The maximum Gasteiger partial charge on any atom is 0.133 e. The number of aryl methyl sites for hydroxylation is 3. The third-order valence-electron chi connectivity index (χ3n) is 7.82. The highest BCUT2D eigenvalue weighted by atomic mass is 32.1. The molecule has 3 nitrogen and oxygen atoms in total. The Hall–Kier alpha value is -2.11. The first-order valence-electron chi connectivity index (χ1n) is 12.4. The average Bonchev–Trinajstić information content (AvgIpc) is 3.38. The maximum atomic E-state index is 13.8. The van der Waals surface area contributed by atoms with Crippen LogP contribution < -0.4 is 4.90 Å². The highest BCUT2D eigenvalue weighted by molar-refractivity contribution is 7.80. The van der Waals surface area contributed by atoms with Crippen LogP contribution in [0, 0.1) is 32.0 Å². The molecule has 5 rings (SSSR count). The first kappa shape index (κ1) is 22.7. The van der Waals surface area contributed by atoms with Crippen LogP contribution in [-0.2, 0) is 0 Å². The summed E-state index contributed by atoms with van der Waals surface area (Å²) in [6.07, 6.45) is 8.36. The highest BCUT2D eigenvalue weighted by Gasteiger charge is 2.57. The van der Waals surface area contributed by atoms with Gasteiger partial charge >= 0.3 is 0 Å². The molecule has 0 radical (unpaired) electrons. The number of hydrogen-bond acceptors (Lipinski definition) is 3. The standard InChI is InChI=1S/C28H34FN3S/c1-19-17-20(2)24(21(3)18-19)30-26-25(31-15-7-8-16-31)28(13-5-4-6-14-28)27(33)32(26)23-11-9-22(29)10-12-23/h9-12,17-18,25H,4-8,13-16H2,1-3H3/t25-/m1/s1. The second-order valence-electron chi connectivity index (χ2n) is 10.2. The van der Waals surface area contributed by atoms with E-state index in [0.717, 1.165) is 48.1 Å². The molecule has 1 spiro atoms. The molecular weight excluding hydrogens is 429 g/mol. The van der Waals surface area contributed by atoms with E-state index >= 15 is 0 Å². The van der Waals surface area contributed by atoms with Crippen LogP contribution in [-0.4, -0.2) is 34.9 Å². The van der Waals surface area contributed by atoms with Crippen LogP contribution >= 0.6 is 12.2 Å². The van der Waals surface area contributed by atoms with Crippen molar-refractivity contribution in [1.29, 1.82) is 0 Å². The zero-order valence-corrected chi connectivity index (χ0v) is 20.8. The normalized spacial score (nSPS) is 24.4. The van der Waals surface area contributed by atoms with Gasteiger partial charge in [-0.25, -0.2) is 9.38 Å². The number of aliphatic imine (C=N–C) groups is 1. The third kappa shape index (κ3) is 3.93. The van der Waals surface area contributed by atoms with E-state index in [1.807, 2.05) is 12.1 Å². The van der Waals surface area contributed by atoms with Gasteiger partial charge in [0.25, 0.3) is 0 Å². The molecule has 1 aliphatic carbocycles. The van der Waals surface area contributed by atoms with Crippen molar-refractivity contribution in [2.75, 3.05) is 18.0 Å². The van der Waals surface area contributed by atoms with Crippen molar-refractivity contribution in [3.63, 3.8) is 0 Å². The predicted molar refractivity (Wildman–Crippen MR) is 139 cm³/mol. The Balaban J connectivity index is 1.73. The number of likely N-dealkylation sites (tertiary alicyclic amines) is 1. The van der Waals surface area contributed by atoms with E-state index in [-0.39, 0.29) is 17.3 Å². The number of benzene rings is 2. The highest BCUT2D eigenvalue weighted by Crippen LogP contribution is 2.51. The van der Waals surface area contributed by atoms with Crippen LogP contribution in [0.15, 0.2) is 41.4 Å². The Morgan fingerprint density at radius 1 is 0.909 bits per heavy atom. The van der Waals surface area contributed by atoms with Crippen molar-refractivity contribution < 1.29 is 4.39 Å². The quantitative estimate of drug-likeness (QED) is 0.455. The number of thiocarbonyl (C=S) groups is 1. The fourth-order valence-corrected chi connectivity index (χ4v) is 6.92. The Kier molecular flexibility index (Phi) is 6.13. The summed E-state index contributed by atoms with van der Waals surface area (Å²) in [5.41, 5.74) is 5.53. The van der Waals surface area contributed by atoms with Gasteiger partial charge in [-0.1, -0.05) is 49.2 Å². The second-order valence-corrected chi connectivity index (χ2v) is 10.6. The average molecular weight is 464 g/mol. The monoisotopic (exact) mass is 463 g/mol. The fourth-order valence-electron chi connectivity index (χ4n) is 6.41. The smallest absolute Gasteiger partial charge is 0.133 e. The molecule has 2 aliphatic heterocycles. The molecule has 2 aromatic rings. The van der Waals surface area contributed by atoms with Gasteiger partial charge in [-0.2, -0.15) is 0 Å². The van der Waals surface area contributed by atoms with Crippen molar-refractivity contribution in [1.82, 2.24) is 4.90 Å². The molecule has 0 aromatic heterocycles. The lowest BCUT2D eigenvalue weighted by Gasteiger charge is -2.41. The number of amidine groups is 1. The van der Waals surface area contributed by atoms with Gasteiger partial charge in [-0.3, -0.25) is 9.80 Å². The molecule has 1 saturated carbocycles. The minimum Gasteiger partial charge on any atom is -0.293 e. The fraction of sp³-hybridized carbons (Fsp3) is 0.500. The van der Waals surface area contributed by atoms with Crippen LogP contribution in [0.3, 0.4) is 0 Å². The summed E-state index contributed by atoms with van der Waals surface area (Å²) in [5, 5.41) is 0. The molecule has 5 heteroatoms. The molecule has 0 unspecified atom stereocenters. The third-order valence-corrected chi connectivity index (χ3v) is 8.41. The second kappa shape index (κ2) is 8.92. The van der Waals surface area contributed by atoms with Crippen LogP contribution in [0.25, 0.3) is 0 Å². The van der Waals surface area contributed by atoms with E-state index in [1.54, 1.807) is 0 Å². The molecule has 0 amide bonds. The van der Waals surface area contributed by atoms with Gasteiger partial charge in [0.05, 0.1) is 16.7 Å². The van der Waals surface area contributed by atoms with E-state index in [4.69, 9.17) is 17.2 Å². The maximum absolute atomic E-state index is 13.8. The number of nitrogens with zero attached hydrogens (tertiary/aromatic N) is 3. The predicted octanol–water partition coefficient (Wildman–Crippen LogP) is 7.04. The van der Waals surface area contributed by atoms with E-state index in [2.05, 4.69) is 42.7 Å². The van der Waals surface area contributed by atoms with Gasteiger partial charge in [-0.15, -0.1) is 0 Å². The van der Waals surface area contributed by atoms with Gasteiger partial charge < -0.3 is 0 Å². The summed E-state index contributed by atoms with van der Waals surface area (Å²) in [5.74, 6) is 0.807. The molecule has 0 N–H and O–H groups in total. The SMILES string of the molecule is Cc1cc(C)c(N=C2[C@@H](N3CCCC3)C3(CCCCC3)C(=S)N2c2ccc(F)cc2)c(C)c1. The van der Waals surface area contributed by atoms with E-state index < -0.39 is 0 Å². The molecule has 3 fully saturated rings. The van der Waals surface area contributed by atoms with Crippen molar-refractivity contribution in [2.24, 2.45) is 10.4 Å². The molecule has 2 saturated heterocycles. The lowest BCUT2D eigenvalue weighted by molar-refractivity contribution is 0.155. The minimum atomic E-state index is -0.226. The number of rotatable bonds is 3. The molecule has 174 valence electrons. The molecule has 0 bridgehead atoms. The Labute approximate surface area is 202 Å². The van der Waals surface area contributed by atoms with Gasteiger partial charge in [0.15, 0.2) is 0 Å². The zero-order chi connectivity index (χ0) is 23.2. The van der Waals surface area contributed by atoms with Crippen molar-refractivity contribution in [3.8, 4) is 0 Å². The van der Waals surface area contributed by atoms with Crippen LogP contribution in [0.1, 0.15) is 61.6 Å². The lowest BCUT2D eigenvalue weighted by Crippen LogP contribution is -2.49. The van der Waals surface area contributed by atoms with E-state index in [0.29, 0.717) is 0 Å². The molecule has 1 atom stereocenters. The summed E-state index contributed by atoms with van der Waals surface area (Å²) in [6.45, 7) is 8.62. The van der Waals surface area contributed by atoms with Crippen LogP contribution in [0.4, 0.5) is 15.8 Å².